The van der Waals surface area contributed by atoms with E-state index in [1.165, 1.54) is 0 Å². The summed E-state index contributed by atoms with van der Waals surface area (Å²) in [6.07, 6.45) is 6.41. The molecule has 0 aliphatic heterocycles. The number of anilines is 1. The van der Waals surface area contributed by atoms with E-state index < -0.39 is 18.9 Å². The molecule has 2 aromatic carbocycles. The number of hydrogen-bond donors (Lipinski definition) is 1. The van der Waals surface area contributed by atoms with E-state index in [4.69, 9.17) is 14.2 Å². The largest absolute Gasteiger partial charge is 0.511 e. The van der Waals surface area contributed by atoms with Gasteiger partial charge < -0.3 is 19.1 Å². The van der Waals surface area contributed by atoms with Gasteiger partial charge in [-0.1, -0.05) is 61.9 Å². The van der Waals surface area contributed by atoms with Gasteiger partial charge in [0.25, 0.3) is 0 Å². The van der Waals surface area contributed by atoms with Gasteiger partial charge in [-0.15, -0.1) is 10.2 Å². The fourth-order valence-electron chi connectivity index (χ4n) is 5.12. The molecule has 2 heterocycles. The minimum absolute atomic E-state index is 0.135. The van der Waals surface area contributed by atoms with Crippen LogP contribution in [-0.4, -0.2) is 57.2 Å². The lowest BCUT2D eigenvalue weighted by Gasteiger charge is -2.25. The average Bonchev–Trinajstić information content (AvgIpc) is 3.57. The summed E-state index contributed by atoms with van der Waals surface area (Å²) in [5.41, 5.74) is 4.24. The Morgan fingerprint density at radius 3 is 2.48 bits per heavy atom. The van der Waals surface area contributed by atoms with Gasteiger partial charge in [0, 0.05) is 24.8 Å². The lowest BCUT2D eigenvalue weighted by atomic mass is 9.98. The van der Waals surface area contributed by atoms with E-state index in [0.29, 0.717) is 30.3 Å². The third-order valence-corrected chi connectivity index (χ3v) is 7.13. The zero-order valence-corrected chi connectivity index (χ0v) is 23.6. The fraction of sp³-hybridized carbons (Fsp3) is 0.355. The molecule has 1 saturated carbocycles. The molecular formula is C31H34N6O5. The molecule has 0 amide bonds. The van der Waals surface area contributed by atoms with Gasteiger partial charge in [-0.05, 0) is 66.1 Å². The third-order valence-electron chi connectivity index (χ3n) is 7.13. The number of rotatable bonds is 11. The first-order valence-electron chi connectivity index (χ1n) is 14.2. The highest BCUT2D eigenvalue weighted by molar-refractivity contribution is 5.94. The van der Waals surface area contributed by atoms with E-state index in [0.717, 1.165) is 60.8 Å². The van der Waals surface area contributed by atoms with Crippen LogP contribution in [0.2, 0.25) is 0 Å². The molecule has 1 aliphatic carbocycles. The predicted octanol–water partition coefficient (Wildman–Crippen LogP) is 5.95. The molecule has 5 rings (SSSR count). The van der Waals surface area contributed by atoms with Crippen molar-refractivity contribution in [3.8, 4) is 22.5 Å². The van der Waals surface area contributed by atoms with Crippen LogP contribution in [0.1, 0.15) is 61.4 Å². The molecule has 0 spiro atoms. The van der Waals surface area contributed by atoms with Crippen LogP contribution in [0.25, 0.3) is 22.5 Å². The molecule has 0 radical (unpaired) electrons. The number of carbonyl (C=O) groups excluding carboxylic acids is 2. The van der Waals surface area contributed by atoms with Crippen molar-refractivity contribution in [1.29, 1.82) is 0 Å². The minimum atomic E-state index is -0.822. The summed E-state index contributed by atoms with van der Waals surface area (Å²) < 4.78 is 15.6. The number of hydrogen-bond acceptors (Lipinski definition) is 10. The first kappa shape index (κ1) is 28.7. The summed E-state index contributed by atoms with van der Waals surface area (Å²) in [5.74, 6) is 0.406. The topological polar surface area (TPSA) is 132 Å². The molecule has 0 atom stereocenters. The highest BCUT2D eigenvalue weighted by atomic mass is 16.8. The molecule has 0 saturated heterocycles. The Morgan fingerprint density at radius 1 is 0.952 bits per heavy atom. The number of esters is 1. The van der Waals surface area contributed by atoms with Crippen LogP contribution in [-0.2, 0) is 20.8 Å². The first-order valence-corrected chi connectivity index (χ1v) is 14.2. The predicted molar refractivity (Wildman–Crippen MR) is 155 cm³/mol. The van der Waals surface area contributed by atoms with Crippen molar-refractivity contribution in [1.82, 2.24) is 25.6 Å². The van der Waals surface area contributed by atoms with Gasteiger partial charge in [0.1, 0.15) is 17.5 Å². The molecule has 218 valence electrons. The second kappa shape index (κ2) is 14.2. The molecule has 2 aromatic heterocycles. The fourth-order valence-corrected chi connectivity index (χ4v) is 5.12. The van der Waals surface area contributed by atoms with Gasteiger partial charge in [0.2, 0.25) is 12.6 Å². The van der Waals surface area contributed by atoms with Gasteiger partial charge in [-0.2, -0.15) is 5.21 Å². The number of carbonyl (C=O) groups is 2. The number of benzene rings is 2. The highest BCUT2D eigenvalue weighted by Gasteiger charge is 2.22. The Morgan fingerprint density at radius 2 is 1.74 bits per heavy atom. The standard InChI is InChI=1S/C31H34N6O5/c1-2-19-37(20-22-14-16-23(17-15-22)25-11-6-7-12-26(25)28-33-35-36-34-28)29-27(13-8-18-32-29)30(38)40-21-41-31(39)42-24-9-4-3-5-10-24/h6-8,11-18,24H,2-5,9-10,19-21H2,1H3,(H,33,34,35,36). The van der Waals surface area contributed by atoms with Gasteiger partial charge in [0.05, 0.1) is 0 Å². The van der Waals surface area contributed by atoms with E-state index in [1.807, 2.05) is 29.2 Å². The lowest BCUT2D eigenvalue weighted by molar-refractivity contribution is -0.0429. The van der Waals surface area contributed by atoms with Gasteiger partial charge in [-0.25, -0.2) is 14.6 Å². The van der Waals surface area contributed by atoms with Crippen molar-refractivity contribution in [2.75, 3.05) is 18.2 Å². The number of aromatic nitrogens is 5. The van der Waals surface area contributed by atoms with Crippen molar-refractivity contribution in [2.45, 2.75) is 58.1 Å². The minimum Gasteiger partial charge on any atom is -0.431 e. The van der Waals surface area contributed by atoms with E-state index in [-0.39, 0.29) is 6.10 Å². The number of aromatic amines is 1. The zero-order chi connectivity index (χ0) is 29.1. The van der Waals surface area contributed by atoms with Crippen molar-refractivity contribution in [2.24, 2.45) is 0 Å². The molecule has 0 unspecified atom stereocenters. The molecule has 42 heavy (non-hydrogen) atoms. The number of pyridine rings is 1. The molecule has 0 bridgehead atoms. The summed E-state index contributed by atoms with van der Waals surface area (Å²) >= 11 is 0. The molecule has 11 nitrogen and oxygen atoms in total. The lowest BCUT2D eigenvalue weighted by Crippen LogP contribution is -2.27. The second-order valence-corrected chi connectivity index (χ2v) is 10.1. The van der Waals surface area contributed by atoms with E-state index >= 15 is 0 Å². The number of tetrazole rings is 1. The molecular weight excluding hydrogens is 536 g/mol. The van der Waals surface area contributed by atoms with Crippen LogP contribution in [0.3, 0.4) is 0 Å². The maximum atomic E-state index is 13.0. The Hall–Kier alpha value is -4.80. The second-order valence-electron chi connectivity index (χ2n) is 10.1. The van der Waals surface area contributed by atoms with Crippen molar-refractivity contribution >= 4 is 17.9 Å². The number of nitrogens with zero attached hydrogens (tertiary/aromatic N) is 5. The summed E-state index contributed by atoms with van der Waals surface area (Å²) in [6, 6.07) is 19.4. The SMILES string of the molecule is CCCN(Cc1ccc(-c2ccccc2-c2nn[nH]n2)cc1)c1ncccc1C(=O)OCOC(=O)OC1CCCCC1. The average molecular weight is 571 g/mol. The van der Waals surface area contributed by atoms with Gasteiger partial charge >= 0.3 is 12.1 Å². The van der Waals surface area contributed by atoms with Crippen molar-refractivity contribution < 1.29 is 23.8 Å². The van der Waals surface area contributed by atoms with Crippen LogP contribution in [0.5, 0.6) is 0 Å². The zero-order valence-electron chi connectivity index (χ0n) is 23.6. The summed E-state index contributed by atoms with van der Waals surface area (Å²) in [7, 11) is 0. The van der Waals surface area contributed by atoms with Crippen LogP contribution >= 0.6 is 0 Å². The van der Waals surface area contributed by atoms with E-state index in [1.54, 1.807) is 18.3 Å². The van der Waals surface area contributed by atoms with Gasteiger partial charge in [-0.3, -0.25) is 0 Å². The number of H-pyrrole nitrogens is 1. The molecule has 1 N–H and O–H groups in total. The Labute approximate surface area is 244 Å². The molecule has 4 aromatic rings. The first-order chi connectivity index (χ1) is 20.6. The summed E-state index contributed by atoms with van der Waals surface area (Å²) in [6.45, 7) is 2.74. The van der Waals surface area contributed by atoms with E-state index in [2.05, 4.69) is 56.8 Å². The normalized spacial score (nSPS) is 13.4. The Bertz CT molecular complexity index is 1450. The van der Waals surface area contributed by atoms with E-state index in [9.17, 15) is 9.59 Å². The third kappa shape index (κ3) is 7.28. The van der Waals surface area contributed by atoms with Crippen LogP contribution < -0.4 is 4.90 Å². The number of ether oxygens (including phenoxy) is 3. The van der Waals surface area contributed by atoms with Crippen LogP contribution in [0, 0.1) is 0 Å². The molecule has 1 aliphatic rings. The Kier molecular flexibility index (Phi) is 9.71. The highest BCUT2D eigenvalue weighted by Crippen LogP contribution is 2.30. The maximum absolute atomic E-state index is 13.0. The van der Waals surface area contributed by atoms with Crippen molar-refractivity contribution in [3.63, 3.8) is 0 Å². The smallest absolute Gasteiger partial charge is 0.431 e. The summed E-state index contributed by atoms with van der Waals surface area (Å²) in [4.78, 5) is 31.6. The quantitative estimate of drug-likeness (QED) is 0.170. The number of nitrogens with one attached hydrogen (secondary N) is 1. The Balaban J connectivity index is 1.24. The molecule has 11 heteroatoms. The molecule has 1 fully saturated rings. The van der Waals surface area contributed by atoms with Crippen LogP contribution in [0.4, 0.5) is 10.6 Å². The van der Waals surface area contributed by atoms with Gasteiger partial charge in [0.15, 0.2) is 0 Å². The van der Waals surface area contributed by atoms with Crippen molar-refractivity contribution in [3.05, 3.63) is 78.0 Å². The van der Waals surface area contributed by atoms with Crippen LogP contribution in [0.15, 0.2) is 66.9 Å². The monoisotopic (exact) mass is 570 g/mol. The maximum Gasteiger partial charge on any atom is 0.511 e. The summed E-state index contributed by atoms with van der Waals surface area (Å²) in [5, 5.41) is 14.4.